The van der Waals surface area contributed by atoms with E-state index in [-0.39, 0.29) is 23.8 Å². The molecule has 0 unspecified atom stereocenters. The fourth-order valence-corrected chi connectivity index (χ4v) is 4.35. The third-order valence-corrected chi connectivity index (χ3v) is 6.27. The van der Waals surface area contributed by atoms with Crippen LogP contribution in [0.25, 0.3) is 0 Å². The summed E-state index contributed by atoms with van der Waals surface area (Å²) in [6, 6.07) is 5.62. The maximum atomic E-state index is 12.1. The predicted octanol–water partition coefficient (Wildman–Crippen LogP) is 3.39. The highest BCUT2D eigenvalue weighted by Gasteiger charge is 2.31. The summed E-state index contributed by atoms with van der Waals surface area (Å²) in [4.78, 5) is 12.5. The van der Waals surface area contributed by atoms with E-state index in [1.165, 1.54) is 11.3 Å². The van der Waals surface area contributed by atoms with Gasteiger partial charge in [-0.2, -0.15) is 0 Å². The molecule has 1 aromatic heterocycles. The lowest BCUT2D eigenvalue weighted by Crippen LogP contribution is -2.30. The summed E-state index contributed by atoms with van der Waals surface area (Å²) in [5.74, 6) is -0.864. The van der Waals surface area contributed by atoms with E-state index < -0.39 is 22.1 Å². The van der Waals surface area contributed by atoms with Crippen molar-refractivity contribution in [1.82, 2.24) is 10.0 Å². The average molecular weight is 487 g/mol. The van der Waals surface area contributed by atoms with Crippen LogP contribution in [-0.2, 0) is 21.4 Å². The van der Waals surface area contributed by atoms with Gasteiger partial charge in [-0.05, 0) is 46.3 Å². The molecule has 1 heterocycles. The van der Waals surface area contributed by atoms with Crippen LogP contribution in [-0.4, -0.2) is 27.2 Å². The maximum absolute atomic E-state index is 12.1. The maximum Gasteiger partial charge on any atom is 0.573 e. The van der Waals surface area contributed by atoms with Gasteiger partial charge in [0.25, 0.3) is 0 Å². The zero-order valence-electron chi connectivity index (χ0n) is 13.5. The van der Waals surface area contributed by atoms with Crippen LogP contribution in [0.15, 0.2) is 45.1 Å². The first-order valence-corrected chi connectivity index (χ1v) is 10.6. The molecule has 2 aromatic rings. The Morgan fingerprint density at radius 2 is 1.89 bits per heavy atom. The number of benzene rings is 1. The molecule has 12 heteroatoms. The molecule has 6 nitrogen and oxygen atoms in total. The van der Waals surface area contributed by atoms with Crippen LogP contribution in [0.2, 0.25) is 0 Å². The molecule has 0 bridgehead atoms. The third-order valence-electron chi connectivity index (χ3n) is 3.09. The molecule has 2 N–H and O–H groups in total. The molecule has 0 atom stereocenters. The molecule has 0 saturated heterocycles. The number of halogens is 4. The summed E-state index contributed by atoms with van der Waals surface area (Å²) >= 11 is 4.77. The van der Waals surface area contributed by atoms with E-state index in [2.05, 4.69) is 30.7 Å². The highest BCUT2D eigenvalue weighted by Crippen LogP contribution is 2.23. The van der Waals surface area contributed by atoms with Crippen molar-refractivity contribution in [3.63, 3.8) is 0 Å². The minimum atomic E-state index is -4.86. The molecule has 2 rings (SSSR count). The van der Waals surface area contributed by atoms with Gasteiger partial charge in [-0.15, -0.1) is 24.5 Å². The van der Waals surface area contributed by atoms with E-state index in [4.69, 9.17) is 0 Å². The van der Waals surface area contributed by atoms with E-state index >= 15 is 0 Å². The molecule has 0 aliphatic heterocycles. The monoisotopic (exact) mass is 486 g/mol. The Labute approximate surface area is 165 Å². The van der Waals surface area contributed by atoms with Gasteiger partial charge in [-0.3, -0.25) is 4.79 Å². The molecule has 1 amide bonds. The van der Waals surface area contributed by atoms with Crippen LogP contribution in [0.5, 0.6) is 5.75 Å². The second kappa shape index (κ2) is 9.04. The molecule has 0 spiro atoms. The Hall–Kier alpha value is -1.63. The smallest absolute Gasteiger partial charge is 0.406 e. The van der Waals surface area contributed by atoms with Crippen LogP contribution in [0, 0.1) is 0 Å². The van der Waals surface area contributed by atoms with E-state index in [9.17, 15) is 26.4 Å². The number of carbonyl (C=O) groups is 1. The quantitative estimate of drug-likeness (QED) is 0.598. The van der Waals surface area contributed by atoms with Gasteiger partial charge in [0.2, 0.25) is 15.9 Å². The molecule has 1 aromatic carbocycles. The van der Waals surface area contributed by atoms with E-state index in [1.54, 1.807) is 0 Å². The summed E-state index contributed by atoms with van der Waals surface area (Å²) in [6.45, 7) is 0.186. The summed E-state index contributed by atoms with van der Waals surface area (Å²) in [5.41, 5.74) is 0. The minimum Gasteiger partial charge on any atom is -0.406 e. The second-order valence-electron chi connectivity index (χ2n) is 5.17. The molecular formula is C15H14BrF3N2O4S2. The summed E-state index contributed by atoms with van der Waals surface area (Å²) in [5, 5.41) is 4.54. The standard InChI is InChI=1S/C15H14BrF3N2O4S2/c16-10-7-12(26-9-10)8-20-14(22)5-6-21-27(23,24)13-3-1-11(2-4-13)25-15(17,18)19/h1-4,7,9,21H,5-6,8H2,(H,20,22). The normalized spacial score (nSPS) is 12.0. The van der Waals surface area contributed by atoms with Gasteiger partial charge in [0, 0.05) is 27.7 Å². The van der Waals surface area contributed by atoms with E-state index in [0.29, 0.717) is 6.54 Å². The van der Waals surface area contributed by atoms with Gasteiger partial charge in [0.05, 0.1) is 11.4 Å². The number of nitrogens with one attached hydrogen (secondary N) is 2. The average Bonchev–Trinajstić information content (AvgIpc) is 2.97. The Morgan fingerprint density at radius 1 is 1.22 bits per heavy atom. The Kier molecular flexibility index (Phi) is 7.25. The van der Waals surface area contributed by atoms with Crippen LogP contribution >= 0.6 is 27.3 Å². The van der Waals surface area contributed by atoms with Crippen molar-refractivity contribution >= 4 is 43.2 Å². The van der Waals surface area contributed by atoms with E-state index in [0.717, 1.165) is 33.6 Å². The summed E-state index contributed by atoms with van der Waals surface area (Å²) < 4.78 is 67.3. The molecule has 0 aliphatic rings. The zero-order valence-corrected chi connectivity index (χ0v) is 16.8. The van der Waals surface area contributed by atoms with Crippen LogP contribution in [0.4, 0.5) is 13.2 Å². The predicted molar refractivity (Wildman–Crippen MR) is 96.8 cm³/mol. The minimum absolute atomic E-state index is 0.0823. The fourth-order valence-electron chi connectivity index (χ4n) is 1.92. The molecular weight excluding hydrogens is 473 g/mol. The van der Waals surface area contributed by atoms with Gasteiger partial charge < -0.3 is 10.1 Å². The van der Waals surface area contributed by atoms with Gasteiger partial charge in [-0.25, -0.2) is 13.1 Å². The number of hydrogen-bond acceptors (Lipinski definition) is 5. The molecule has 0 radical (unpaired) electrons. The number of thiophene rings is 1. The van der Waals surface area contributed by atoms with Crippen molar-refractivity contribution < 1.29 is 31.1 Å². The lowest BCUT2D eigenvalue weighted by Gasteiger charge is -2.10. The number of hydrogen-bond donors (Lipinski definition) is 2. The Bertz CT molecular complexity index is 883. The first kappa shape index (κ1) is 21.7. The Balaban J connectivity index is 1.81. The highest BCUT2D eigenvalue weighted by molar-refractivity contribution is 9.10. The lowest BCUT2D eigenvalue weighted by atomic mass is 10.3. The van der Waals surface area contributed by atoms with Gasteiger partial charge in [0.1, 0.15) is 5.75 Å². The summed E-state index contributed by atoms with van der Waals surface area (Å²) in [6.07, 6.45) is -4.94. The number of alkyl halides is 3. The molecule has 148 valence electrons. The number of ether oxygens (including phenoxy) is 1. The molecule has 27 heavy (non-hydrogen) atoms. The number of rotatable bonds is 8. The van der Waals surface area contributed by atoms with Crippen molar-refractivity contribution in [1.29, 1.82) is 0 Å². The van der Waals surface area contributed by atoms with Crippen molar-refractivity contribution in [2.45, 2.75) is 24.2 Å². The largest absolute Gasteiger partial charge is 0.573 e. The molecule has 0 saturated carbocycles. The first-order valence-electron chi connectivity index (χ1n) is 7.40. The SMILES string of the molecule is O=C(CCNS(=O)(=O)c1ccc(OC(F)(F)F)cc1)NCc1cc(Br)cs1. The van der Waals surface area contributed by atoms with Crippen LogP contribution < -0.4 is 14.8 Å². The summed E-state index contributed by atoms with van der Waals surface area (Å²) in [7, 11) is -3.95. The first-order chi connectivity index (χ1) is 12.5. The molecule has 0 fully saturated rings. The topological polar surface area (TPSA) is 84.5 Å². The lowest BCUT2D eigenvalue weighted by molar-refractivity contribution is -0.274. The number of sulfonamides is 1. The number of amides is 1. The number of carbonyl (C=O) groups excluding carboxylic acids is 1. The second-order valence-corrected chi connectivity index (χ2v) is 8.85. The van der Waals surface area contributed by atoms with E-state index in [1.807, 2.05) is 11.4 Å². The Morgan fingerprint density at radius 3 is 2.44 bits per heavy atom. The van der Waals surface area contributed by atoms with Gasteiger partial charge >= 0.3 is 6.36 Å². The van der Waals surface area contributed by atoms with Crippen molar-refractivity contribution in [2.24, 2.45) is 0 Å². The van der Waals surface area contributed by atoms with Crippen molar-refractivity contribution in [2.75, 3.05) is 6.54 Å². The third kappa shape index (κ3) is 7.48. The van der Waals surface area contributed by atoms with Gasteiger partial charge in [0.15, 0.2) is 0 Å². The van der Waals surface area contributed by atoms with Crippen molar-refractivity contribution in [3.05, 3.63) is 45.1 Å². The van der Waals surface area contributed by atoms with Crippen molar-refractivity contribution in [3.8, 4) is 5.75 Å². The molecule has 0 aliphatic carbocycles. The highest BCUT2D eigenvalue weighted by atomic mass is 79.9. The van der Waals surface area contributed by atoms with Gasteiger partial charge in [-0.1, -0.05) is 0 Å². The fraction of sp³-hybridized carbons (Fsp3) is 0.267. The van der Waals surface area contributed by atoms with Crippen LogP contribution in [0.3, 0.4) is 0 Å². The van der Waals surface area contributed by atoms with Crippen LogP contribution in [0.1, 0.15) is 11.3 Å². The zero-order chi connectivity index (χ0) is 20.1.